The van der Waals surface area contributed by atoms with Crippen molar-refractivity contribution in [2.75, 3.05) is 26.8 Å². The Morgan fingerprint density at radius 1 is 1.19 bits per heavy atom. The summed E-state index contributed by atoms with van der Waals surface area (Å²) in [5, 5.41) is 0. The summed E-state index contributed by atoms with van der Waals surface area (Å²) in [6.07, 6.45) is 4.05. The van der Waals surface area contributed by atoms with Crippen LogP contribution in [0.3, 0.4) is 0 Å². The summed E-state index contributed by atoms with van der Waals surface area (Å²) in [4.78, 5) is 18.9. The second-order valence-corrected chi connectivity index (χ2v) is 7.59. The predicted octanol–water partition coefficient (Wildman–Crippen LogP) is 4.20. The van der Waals surface area contributed by atoms with Crippen molar-refractivity contribution in [3.05, 3.63) is 77.8 Å². The van der Waals surface area contributed by atoms with Crippen LogP contribution in [0.15, 0.2) is 59.1 Å². The van der Waals surface area contributed by atoms with E-state index < -0.39 is 0 Å². The molecular formula is C24H25FN2O4. The second-order valence-electron chi connectivity index (χ2n) is 7.59. The third-order valence-corrected chi connectivity index (χ3v) is 5.41. The molecule has 1 saturated heterocycles. The van der Waals surface area contributed by atoms with Crippen molar-refractivity contribution in [2.24, 2.45) is 0 Å². The maximum atomic E-state index is 13.1. The summed E-state index contributed by atoms with van der Waals surface area (Å²) < 4.78 is 30.0. The number of benzene rings is 2. The molecule has 1 atom stereocenters. The zero-order valence-corrected chi connectivity index (χ0v) is 17.4. The summed E-state index contributed by atoms with van der Waals surface area (Å²) in [5.74, 6) is 2.22. The monoisotopic (exact) mass is 424 g/mol. The van der Waals surface area contributed by atoms with Gasteiger partial charge in [0.05, 0.1) is 19.2 Å². The van der Waals surface area contributed by atoms with Gasteiger partial charge in [0.1, 0.15) is 11.6 Å². The van der Waals surface area contributed by atoms with Gasteiger partial charge in [0.2, 0.25) is 0 Å². The van der Waals surface area contributed by atoms with Gasteiger partial charge in [-0.2, -0.15) is 0 Å². The van der Waals surface area contributed by atoms with Crippen molar-refractivity contribution < 1.29 is 23.1 Å². The lowest BCUT2D eigenvalue weighted by Gasteiger charge is -2.31. The minimum atomic E-state index is -0.260. The van der Waals surface area contributed by atoms with Gasteiger partial charge in [0.15, 0.2) is 24.0 Å². The molecule has 1 aliphatic rings. The molecule has 6 nitrogen and oxygen atoms in total. The molecular weight excluding hydrogens is 399 g/mol. The SMILES string of the molecule is COc1ccccc1OCC(=O)N1CCCC(c2ncc(Cc3ccc(F)cc3)o2)C1. The summed E-state index contributed by atoms with van der Waals surface area (Å²) in [6.45, 7) is 1.19. The topological polar surface area (TPSA) is 64.8 Å². The number of carbonyl (C=O) groups excluding carboxylic acids is 1. The Bertz CT molecular complexity index is 1020. The van der Waals surface area contributed by atoms with E-state index in [0.717, 1.165) is 24.2 Å². The fourth-order valence-electron chi connectivity index (χ4n) is 3.77. The van der Waals surface area contributed by atoms with Gasteiger partial charge in [-0.25, -0.2) is 9.37 Å². The standard InChI is InChI=1S/C24H25FN2O4/c1-29-21-6-2-3-7-22(21)30-16-23(28)27-12-4-5-18(15-27)24-26-14-20(31-24)13-17-8-10-19(25)11-9-17/h2-3,6-11,14,18H,4-5,12-13,15-16H2,1H3. The lowest BCUT2D eigenvalue weighted by molar-refractivity contribution is -0.134. The molecule has 0 bridgehead atoms. The van der Waals surface area contributed by atoms with E-state index in [9.17, 15) is 9.18 Å². The number of hydrogen-bond acceptors (Lipinski definition) is 5. The Morgan fingerprint density at radius 3 is 2.74 bits per heavy atom. The minimum absolute atomic E-state index is 0.0471. The molecule has 0 spiro atoms. The van der Waals surface area contributed by atoms with Gasteiger partial charge < -0.3 is 18.8 Å². The zero-order valence-electron chi connectivity index (χ0n) is 17.4. The van der Waals surface area contributed by atoms with Crippen LogP contribution >= 0.6 is 0 Å². The predicted molar refractivity (Wildman–Crippen MR) is 113 cm³/mol. The molecule has 1 aromatic heterocycles. The third kappa shape index (κ3) is 5.23. The molecule has 1 aliphatic heterocycles. The Labute approximate surface area is 180 Å². The molecule has 31 heavy (non-hydrogen) atoms. The van der Waals surface area contributed by atoms with Gasteiger partial charge >= 0.3 is 0 Å². The van der Waals surface area contributed by atoms with Gasteiger partial charge in [0, 0.05) is 19.5 Å². The molecule has 4 rings (SSSR count). The maximum absolute atomic E-state index is 13.1. The van der Waals surface area contributed by atoms with Gasteiger partial charge in [0.25, 0.3) is 5.91 Å². The number of rotatable bonds is 7. The number of ether oxygens (including phenoxy) is 2. The van der Waals surface area contributed by atoms with Crippen LogP contribution in [0, 0.1) is 5.82 Å². The normalized spacial score (nSPS) is 16.2. The van der Waals surface area contributed by atoms with Crippen LogP contribution < -0.4 is 9.47 Å². The second kappa shape index (κ2) is 9.64. The maximum Gasteiger partial charge on any atom is 0.260 e. The Morgan fingerprint density at radius 2 is 1.97 bits per heavy atom. The highest BCUT2D eigenvalue weighted by Gasteiger charge is 2.28. The Hall–Kier alpha value is -3.35. The molecule has 162 valence electrons. The molecule has 2 aromatic carbocycles. The van der Waals surface area contributed by atoms with Crippen molar-refractivity contribution in [3.63, 3.8) is 0 Å². The fraction of sp³-hybridized carbons (Fsp3) is 0.333. The summed E-state index contributed by atoms with van der Waals surface area (Å²) >= 11 is 0. The van der Waals surface area contributed by atoms with E-state index in [-0.39, 0.29) is 24.2 Å². The largest absolute Gasteiger partial charge is 0.493 e. The number of aromatic nitrogens is 1. The first kappa shape index (κ1) is 20.9. The minimum Gasteiger partial charge on any atom is -0.493 e. The van der Waals surface area contributed by atoms with Crippen LogP contribution in [0.2, 0.25) is 0 Å². The molecule has 1 unspecified atom stereocenters. The van der Waals surface area contributed by atoms with Crippen LogP contribution in [0.5, 0.6) is 11.5 Å². The average Bonchev–Trinajstić information content (AvgIpc) is 3.28. The molecule has 1 fully saturated rings. The number of carbonyl (C=O) groups is 1. The highest BCUT2D eigenvalue weighted by atomic mass is 19.1. The number of hydrogen-bond donors (Lipinski definition) is 0. The molecule has 0 aliphatic carbocycles. The van der Waals surface area contributed by atoms with Crippen molar-refractivity contribution in [3.8, 4) is 11.5 Å². The van der Waals surface area contributed by atoms with E-state index in [4.69, 9.17) is 13.9 Å². The van der Waals surface area contributed by atoms with E-state index in [0.29, 0.717) is 36.9 Å². The van der Waals surface area contributed by atoms with Gasteiger partial charge in [-0.1, -0.05) is 24.3 Å². The fourth-order valence-corrected chi connectivity index (χ4v) is 3.77. The van der Waals surface area contributed by atoms with Crippen LogP contribution in [0.25, 0.3) is 0 Å². The van der Waals surface area contributed by atoms with Crippen molar-refractivity contribution in [2.45, 2.75) is 25.2 Å². The molecule has 0 N–H and O–H groups in total. The molecule has 3 aromatic rings. The number of likely N-dealkylation sites (tertiary alicyclic amines) is 1. The molecule has 0 saturated carbocycles. The van der Waals surface area contributed by atoms with E-state index in [1.54, 1.807) is 42.5 Å². The number of nitrogens with zero attached hydrogens (tertiary/aromatic N) is 2. The summed E-state index contributed by atoms with van der Waals surface area (Å²) in [6, 6.07) is 13.6. The molecule has 7 heteroatoms. The zero-order chi connectivity index (χ0) is 21.6. The molecule has 1 amide bonds. The first-order valence-electron chi connectivity index (χ1n) is 10.3. The molecule has 2 heterocycles. The van der Waals surface area contributed by atoms with Crippen molar-refractivity contribution >= 4 is 5.91 Å². The average molecular weight is 424 g/mol. The first-order valence-corrected chi connectivity index (χ1v) is 10.3. The van der Waals surface area contributed by atoms with Gasteiger partial charge in [-0.3, -0.25) is 4.79 Å². The lowest BCUT2D eigenvalue weighted by Crippen LogP contribution is -2.41. The van der Waals surface area contributed by atoms with Gasteiger partial charge in [-0.05, 0) is 42.7 Å². The summed E-state index contributed by atoms with van der Waals surface area (Å²) in [5.41, 5.74) is 0.957. The quantitative estimate of drug-likeness (QED) is 0.569. The van der Waals surface area contributed by atoms with Crippen LogP contribution in [-0.4, -0.2) is 42.6 Å². The number of oxazole rings is 1. The third-order valence-electron chi connectivity index (χ3n) is 5.41. The molecule has 0 radical (unpaired) electrons. The van der Waals surface area contributed by atoms with Gasteiger partial charge in [-0.15, -0.1) is 0 Å². The number of piperidine rings is 1. The van der Waals surface area contributed by atoms with E-state index in [1.165, 1.54) is 12.1 Å². The Balaban J connectivity index is 1.34. The van der Waals surface area contributed by atoms with E-state index in [2.05, 4.69) is 4.98 Å². The number of halogens is 1. The lowest BCUT2D eigenvalue weighted by atomic mass is 9.98. The highest BCUT2D eigenvalue weighted by Crippen LogP contribution is 2.28. The smallest absolute Gasteiger partial charge is 0.260 e. The number of para-hydroxylation sites is 2. The van der Waals surface area contributed by atoms with Crippen molar-refractivity contribution in [1.82, 2.24) is 9.88 Å². The van der Waals surface area contributed by atoms with E-state index >= 15 is 0 Å². The van der Waals surface area contributed by atoms with Crippen LogP contribution in [0.1, 0.15) is 36.0 Å². The van der Waals surface area contributed by atoms with Crippen LogP contribution in [0.4, 0.5) is 4.39 Å². The highest BCUT2D eigenvalue weighted by molar-refractivity contribution is 5.78. The first-order chi connectivity index (χ1) is 15.1. The van der Waals surface area contributed by atoms with E-state index in [1.807, 2.05) is 12.1 Å². The van der Waals surface area contributed by atoms with Crippen LogP contribution in [-0.2, 0) is 11.2 Å². The summed E-state index contributed by atoms with van der Waals surface area (Å²) in [7, 11) is 1.57. The number of methoxy groups -OCH3 is 1. The van der Waals surface area contributed by atoms with Crippen molar-refractivity contribution in [1.29, 1.82) is 0 Å². The Kier molecular flexibility index (Phi) is 6.50. The number of amides is 1.